The van der Waals surface area contributed by atoms with Crippen LogP contribution in [0.1, 0.15) is 41.0 Å². The Morgan fingerprint density at radius 1 is 1.12 bits per heavy atom. The minimum atomic E-state index is -0.623. The second kappa shape index (κ2) is 5.18. The van der Waals surface area contributed by atoms with Crippen molar-refractivity contribution in [2.75, 3.05) is 7.05 Å². The number of ether oxygens (including phenoxy) is 1. The van der Waals surface area contributed by atoms with Gasteiger partial charge in [0.15, 0.2) is 0 Å². The molecule has 94 valence electrons. The minimum Gasteiger partial charge on any atom is -0.444 e. The molecule has 0 spiro atoms. The Hall–Kier alpha value is -1.26. The predicted molar refractivity (Wildman–Crippen MR) is 62.1 cm³/mol. The number of carbonyl (C=O) groups excluding carboxylic acids is 2. The molecule has 5 heteroatoms. The Labute approximate surface area is 96.9 Å². The smallest absolute Gasteiger partial charge is 0.408 e. The van der Waals surface area contributed by atoms with Crippen molar-refractivity contribution in [3.8, 4) is 0 Å². The van der Waals surface area contributed by atoms with E-state index in [0.717, 1.165) is 0 Å². The van der Waals surface area contributed by atoms with E-state index < -0.39 is 17.2 Å². The van der Waals surface area contributed by atoms with Gasteiger partial charge in [-0.15, -0.1) is 0 Å². The molecule has 0 aliphatic carbocycles. The fraction of sp³-hybridized carbons (Fsp3) is 0.818. The van der Waals surface area contributed by atoms with Crippen LogP contribution in [0.25, 0.3) is 0 Å². The van der Waals surface area contributed by atoms with Gasteiger partial charge < -0.3 is 15.4 Å². The molecule has 0 aliphatic rings. The summed E-state index contributed by atoms with van der Waals surface area (Å²) in [6, 6.07) is 0. The lowest BCUT2D eigenvalue weighted by molar-refractivity contribution is -0.121. The Morgan fingerprint density at radius 2 is 1.62 bits per heavy atom. The van der Waals surface area contributed by atoms with E-state index in [1.807, 2.05) is 0 Å². The molecule has 16 heavy (non-hydrogen) atoms. The van der Waals surface area contributed by atoms with E-state index in [2.05, 4.69) is 10.6 Å². The summed E-state index contributed by atoms with van der Waals surface area (Å²) in [5.41, 5.74) is -1.16. The average Bonchev–Trinajstić information content (AvgIpc) is 1.97. The number of carbonyl (C=O) groups is 2. The molecule has 5 nitrogen and oxygen atoms in total. The van der Waals surface area contributed by atoms with Gasteiger partial charge in [-0.2, -0.15) is 0 Å². The summed E-state index contributed by atoms with van der Waals surface area (Å²) in [6.07, 6.45) is -0.302. The summed E-state index contributed by atoms with van der Waals surface area (Å²) < 4.78 is 5.11. The topological polar surface area (TPSA) is 67.4 Å². The molecule has 0 radical (unpaired) electrons. The highest BCUT2D eigenvalue weighted by Gasteiger charge is 2.26. The van der Waals surface area contributed by atoms with E-state index in [0.29, 0.717) is 0 Å². The summed E-state index contributed by atoms with van der Waals surface area (Å²) in [5.74, 6) is -0.124. The van der Waals surface area contributed by atoms with E-state index in [4.69, 9.17) is 4.74 Å². The first-order valence-corrected chi connectivity index (χ1v) is 5.27. The van der Waals surface area contributed by atoms with Crippen molar-refractivity contribution in [1.82, 2.24) is 10.6 Å². The highest BCUT2D eigenvalue weighted by atomic mass is 16.6. The molecule has 0 heterocycles. The maximum absolute atomic E-state index is 11.5. The lowest BCUT2D eigenvalue weighted by Gasteiger charge is -2.27. The average molecular weight is 230 g/mol. The number of hydrogen-bond acceptors (Lipinski definition) is 3. The Kier molecular flexibility index (Phi) is 4.78. The molecular formula is C11H22N2O3. The van der Waals surface area contributed by atoms with Crippen molar-refractivity contribution in [1.29, 1.82) is 0 Å². The molecule has 0 aromatic carbocycles. The van der Waals surface area contributed by atoms with Gasteiger partial charge in [-0.3, -0.25) is 4.79 Å². The summed E-state index contributed by atoms with van der Waals surface area (Å²) >= 11 is 0. The monoisotopic (exact) mass is 230 g/mol. The molecule has 0 rings (SSSR count). The van der Waals surface area contributed by atoms with Crippen LogP contribution in [-0.2, 0) is 9.53 Å². The van der Waals surface area contributed by atoms with Gasteiger partial charge >= 0.3 is 6.09 Å². The van der Waals surface area contributed by atoms with Gasteiger partial charge in [-0.25, -0.2) is 4.79 Å². The van der Waals surface area contributed by atoms with Crippen LogP contribution < -0.4 is 10.6 Å². The summed E-state index contributed by atoms with van der Waals surface area (Å²) in [4.78, 5) is 22.7. The van der Waals surface area contributed by atoms with Gasteiger partial charge in [0.2, 0.25) is 5.91 Å². The Bertz CT molecular complexity index is 267. The lowest BCUT2D eigenvalue weighted by Crippen LogP contribution is -2.48. The van der Waals surface area contributed by atoms with Crippen LogP contribution in [-0.4, -0.2) is 30.2 Å². The van der Waals surface area contributed by atoms with Crippen LogP contribution in [0, 0.1) is 0 Å². The van der Waals surface area contributed by atoms with Gasteiger partial charge in [0.25, 0.3) is 0 Å². The second-order valence-corrected chi connectivity index (χ2v) is 5.36. The van der Waals surface area contributed by atoms with Crippen molar-refractivity contribution in [2.24, 2.45) is 0 Å². The summed E-state index contributed by atoms with van der Waals surface area (Å²) in [7, 11) is 1.56. The lowest BCUT2D eigenvalue weighted by atomic mass is 10.0. The zero-order chi connectivity index (χ0) is 13.0. The fourth-order valence-electron chi connectivity index (χ4n) is 1.11. The van der Waals surface area contributed by atoms with Crippen LogP contribution in [0.15, 0.2) is 0 Å². The van der Waals surface area contributed by atoms with Gasteiger partial charge in [-0.05, 0) is 34.6 Å². The van der Waals surface area contributed by atoms with Crippen molar-refractivity contribution in [3.05, 3.63) is 0 Å². The van der Waals surface area contributed by atoms with Gasteiger partial charge in [-0.1, -0.05) is 0 Å². The molecule has 0 bridgehead atoms. The van der Waals surface area contributed by atoms with Crippen molar-refractivity contribution >= 4 is 12.0 Å². The van der Waals surface area contributed by atoms with Crippen LogP contribution >= 0.6 is 0 Å². The first kappa shape index (κ1) is 14.7. The third-order valence-electron chi connectivity index (χ3n) is 1.72. The third-order valence-corrected chi connectivity index (χ3v) is 1.72. The Morgan fingerprint density at radius 3 is 2.00 bits per heavy atom. The summed E-state index contributed by atoms with van der Waals surface area (Å²) in [5, 5.41) is 5.17. The molecule has 0 aromatic heterocycles. The fourth-order valence-corrected chi connectivity index (χ4v) is 1.11. The minimum absolute atomic E-state index is 0.124. The number of hydrogen-bond donors (Lipinski definition) is 2. The maximum Gasteiger partial charge on any atom is 0.408 e. The molecule has 2 amide bonds. The molecule has 0 aliphatic heterocycles. The van der Waals surface area contributed by atoms with Crippen LogP contribution in [0.3, 0.4) is 0 Å². The molecule has 0 atom stereocenters. The number of amides is 2. The predicted octanol–water partition coefficient (Wildman–Crippen LogP) is 1.43. The van der Waals surface area contributed by atoms with Crippen LogP contribution in [0.4, 0.5) is 4.79 Å². The Balaban J connectivity index is 4.26. The molecule has 0 saturated heterocycles. The van der Waals surface area contributed by atoms with Crippen molar-refractivity contribution < 1.29 is 14.3 Å². The molecule has 2 N–H and O–H groups in total. The molecule has 0 aromatic rings. The molecule has 0 saturated carbocycles. The SMILES string of the molecule is CNC(=O)CC(C)(C)NC(=O)OC(C)(C)C. The molecular weight excluding hydrogens is 208 g/mol. The molecule has 0 unspecified atom stereocenters. The van der Waals surface area contributed by atoms with Crippen molar-refractivity contribution in [3.63, 3.8) is 0 Å². The van der Waals surface area contributed by atoms with Gasteiger partial charge in [0.1, 0.15) is 5.60 Å². The van der Waals surface area contributed by atoms with E-state index in [9.17, 15) is 9.59 Å². The van der Waals surface area contributed by atoms with E-state index in [1.54, 1.807) is 41.7 Å². The molecule has 0 fully saturated rings. The normalized spacial score (nSPS) is 11.9. The van der Waals surface area contributed by atoms with Gasteiger partial charge in [0, 0.05) is 19.0 Å². The maximum atomic E-state index is 11.5. The van der Waals surface area contributed by atoms with Crippen LogP contribution in [0.2, 0.25) is 0 Å². The van der Waals surface area contributed by atoms with Crippen LogP contribution in [0.5, 0.6) is 0 Å². The highest BCUT2D eigenvalue weighted by Crippen LogP contribution is 2.11. The van der Waals surface area contributed by atoms with E-state index in [1.165, 1.54) is 0 Å². The zero-order valence-electron chi connectivity index (χ0n) is 10.9. The second-order valence-electron chi connectivity index (χ2n) is 5.36. The quantitative estimate of drug-likeness (QED) is 0.770. The first-order valence-electron chi connectivity index (χ1n) is 5.27. The highest BCUT2D eigenvalue weighted by molar-refractivity contribution is 5.78. The van der Waals surface area contributed by atoms with E-state index >= 15 is 0 Å². The van der Waals surface area contributed by atoms with Gasteiger partial charge in [0.05, 0.1) is 0 Å². The summed E-state index contributed by atoms with van der Waals surface area (Å²) in [6.45, 7) is 8.91. The van der Waals surface area contributed by atoms with E-state index in [-0.39, 0.29) is 12.3 Å². The largest absolute Gasteiger partial charge is 0.444 e. The first-order chi connectivity index (χ1) is 7.06. The number of rotatable bonds is 3. The zero-order valence-corrected chi connectivity index (χ0v) is 10.9. The van der Waals surface area contributed by atoms with Crippen molar-refractivity contribution in [2.45, 2.75) is 52.2 Å². The standard InChI is InChI=1S/C11H22N2O3/c1-10(2,3)16-9(15)13-11(4,5)7-8(14)12-6/h7H2,1-6H3,(H,12,14)(H,13,15). The third kappa shape index (κ3) is 7.09. The number of nitrogens with one attached hydrogen (secondary N) is 2. The number of alkyl carbamates (subject to hydrolysis) is 1.